The molecule has 0 aromatic carbocycles. The number of carbonyl (C=O) groups excluding carboxylic acids is 6. The molecule has 0 spiro atoms. The smallest absolute Gasteiger partial charge is 0.326 e. The molecular weight excluding hydrogens is 827 g/mol. The first-order valence-corrected chi connectivity index (χ1v) is 21.0. The third kappa shape index (κ3) is 26.7. The normalized spacial score (nSPS) is 14.0. The Labute approximate surface area is 367 Å². The van der Waals surface area contributed by atoms with E-state index in [0.29, 0.717) is 58.0 Å². The summed E-state index contributed by atoms with van der Waals surface area (Å²) in [5.41, 5.74) is 49.7. The number of nitrogens with two attached hydrogens (primary N) is 7. The minimum absolute atomic E-state index is 0.0222. The molecule has 0 aliphatic rings. The lowest BCUT2D eigenvalue weighted by Gasteiger charge is -2.27. The molecule has 0 aromatic heterocycles. The Bertz CT molecular complexity index is 1550. The number of unbranched alkanes of at least 4 members (excludes halogenated alkanes) is 3. The van der Waals surface area contributed by atoms with Crippen LogP contribution in [-0.4, -0.2) is 133 Å². The van der Waals surface area contributed by atoms with Crippen LogP contribution in [0.5, 0.6) is 0 Å². The minimum atomic E-state index is -1.30. The summed E-state index contributed by atoms with van der Waals surface area (Å²) in [4.78, 5) is 103. The number of carboxylic acids is 1. The molecule has 7 atom stereocenters. The molecule has 0 saturated carbocycles. The van der Waals surface area contributed by atoms with Crippen molar-refractivity contribution in [2.45, 2.75) is 140 Å². The fraction of sp³-hybridized carbons (Fsp3) is 0.750. The van der Waals surface area contributed by atoms with Crippen LogP contribution >= 0.6 is 0 Å². The van der Waals surface area contributed by atoms with Gasteiger partial charge in [0.25, 0.3) is 0 Å². The van der Waals surface area contributed by atoms with E-state index in [9.17, 15) is 38.7 Å². The molecule has 358 valence electrons. The van der Waals surface area contributed by atoms with Gasteiger partial charge in [-0.05, 0) is 116 Å². The first kappa shape index (κ1) is 56.8. The van der Waals surface area contributed by atoms with Crippen LogP contribution in [0.4, 0.5) is 0 Å². The number of carboxylic acid groups (broad SMARTS) is 1. The van der Waals surface area contributed by atoms with E-state index in [1.165, 1.54) is 13.8 Å². The predicted octanol–water partition coefficient (Wildman–Crippen LogP) is -4.30. The van der Waals surface area contributed by atoms with Crippen LogP contribution in [0.25, 0.3) is 10.4 Å². The zero-order valence-corrected chi connectivity index (χ0v) is 36.4. The molecular formula is C36H71N19O8. The van der Waals surface area contributed by atoms with Crippen molar-refractivity contribution < 1.29 is 38.7 Å². The van der Waals surface area contributed by atoms with Crippen LogP contribution in [-0.2, 0) is 33.6 Å². The Morgan fingerprint density at radius 2 is 0.921 bits per heavy atom. The summed E-state index contributed by atoms with van der Waals surface area (Å²) in [6.07, 6.45) is 3.62. The topological polar surface area (TPSA) is 480 Å². The Morgan fingerprint density at radius 3 is 1.37 bits per heavy atom. The summed E-state index contributed by atoms with van der Waals surface area (Å²) >= 11 is 0. The highest BCUT2D eigenvalue weighted by atomic mass is 16.4. The fourth-order valence-electron chi connectivity index (χ4n) is 5.74. The van der Waals surface area contributed by atoms with Gasteiger partial charge in [-0.25, -0.2) is 4.79 Å². The summed E-state index contributed by atoms with van der Waals surface area (Å²) in [7, 11) is 0. The molecule has 0 radical (unpaired) electrons. The molecule has 0 rings (SSSR count). The van der Waals surface area contributed by atoms with Crippen molar-refractivity contribution >= 4 is 53.3 Å². The van der Waals surface area contributed by atoms with E-state index < -0.39 is 83.7 Å². The molecule has 22 N–H and O–H groups in total. The molecule has 0 unspecified atom stereocenters. The number of rotatable bonds is 35. The molecule has 0 aliphatic carbocycles. The largest absolute Gasteiger partial charge is 0.480 e. The van der Waals surface area contributed by atoms with E-state index in [-0.39, 0.29) is 70.1 Å². The Balaban J connectivity index is 6.29. The number of aliphatic imine (C=N–C) groups is 2. The summed E-state index contributed by atoms with van der Waals surface area (Å²) in [6, 6.07) is -8.33. The van der Waals surface area contributed by atoms with Gasteiger partial charge in [0.1, 0.15) is 36.3 Å². The van der Waals surface area contributed by atoms with E-state index in [0.717, 1.165) is 0 Å². The second kappa shape index (κ2) is 33.4. The molecule has 0 aromatic rings. The van der Waals surface area contributed by atoms with Crippen molar-refractivity contribution in [2.24, 2.45) is 55.3 Å². The van der Waals surface area contributed by atoms with Gasteiger partial charge in [-0.2, -0.15) is 4.91 Å². The number of hydrogen-bond acceptors (Lipinski definition) is 13. The van der Waals surface area contributed by atoms with Crippen LogP contribution in [0.3, 0.4) is 0 Å². The lowest BCUT2D eigenvalue weighted by atomic mass is 10.0. The first-order chi connectivity index (χ1) is 29.9. The first-order valence-electron chi connectivity index (χ1n) is 21.0. The number of nitrogens with zero attached hydrogens (tertiary/aromatic N) is 5. The Kier molecular flexibility index (Phi) is 30.2. The van der Waals surface area contributed by atoms with Gasteiger partial charge in [-0.15, -0.1) is 5.53 Å². The van der Waals surface area contributed by atoms with Crippen molar-refractivity contribution in [1.82, 2.24) is 37.3 Å². The van der Waals surface area contributed by atoms with Gasteiger partial charge < -0.3 is 77.1 Å². The molecule has 0 fully saturated rings. The number of amides is 6. The molecule has 63 heavy (non-hydrogen) atoms. The number of azide groups is 1. The fourth-order valence-corrected chi connectivity index (χ4v) is 5.74. The van der Waals surface area contributed by atoms with E-state index in [2.05, 4.69) is 57.4 Å². The van der Waals surface area contributed by atoms with E-state index in [4.69, 9.17) is 45.7 Å². The molecule has 0 bridgehead atoms. The average Bonchev–Trinajstić information content (AvgIpc) is 3.22. The predicted molar refractivity (Wildman–Crippen MR) is 235 cm³/mol. The second-order valence-corrected chi connectivity index (χ2v) is 14.7. The molecule has 27 heteroatoms. The molecule has 0 aliphatic heterocycles. The average molecular weight is 898 g/mol. The summed E-state index contributed by atoms with van der Waals surface area (Å²) in [6.45, 7) is 3.96. The van der Waals surface area contributed by atoms with E-state index >= 15 is 0 Å². The lowest BCUT2D eigenvalue weighted by molar-refractivity contribution is -0.142. The molecule has 6 amide bonds. The Hall–Kier alpha value is -6.18. The van der Waals surface area contributed by atoms with Crippen LogP contribution < -0.4 is 77.5 Å². The summed E-state index contributed by atoms with van der Waals surface area (Å²) in [5, 5.41) is 28.2. The van der Waals surface area contributed by atoms with Crippen LogP contribution in [0.1, 0.15) is 97.3 Å². The highest BCUT2D eigenvalue weighted by Crippen LogP contribution is 2.09. The number of hydrogen-bond donors (Lipinski definition) is 15. The van der Waals surface area contributed by atoms with E-state index in [1.54, 1.807) is 0 Å². The monoisotopic (exact) mass is 898 g/mol. The van der Waals surface area contributed by atoms with Crippen molar-refractivity contribution in [3.8, 4) is 0 Å². The number of guanidine groups is 2. The highest BCUT2D eigenvalue weighted by molar-refractivity contribution is 5.96. The van der Waals surface area contributed by atoms with Crippen molar-refractivity contribution in [2.75, 3.05) is 32.7 Å². The van der Waals surface area contributed by atoms with Gasteiger partial charge in [0.2, 0.25) is 35.4 Å². The van der Waals surface area contributed by atoms with Gasteiger partial charge in [0.05, 0.1) is 12.6 Å². The molecule has 0 heterocycles. The zero-order valence-electron chi connectivity index (χ0n) is 36.4. The van der Waals surface area contributed by atoms with Gasteiger partial charge in [0.15, 0.2) is 11.9 Å². The molecule has 0 saturated heterocycles. The van der Waals surface area contributed by atoms with Crippen LogP contribution in [0.2, 0.25) is 0 Å². The van der Waals surface area contributed by atoms with Gasteiger partial charge in [-0.1, -0.05) is 0 Å². The minimum Gasteiger partial charge on any atom is -0.480 e. The lowest BCUT2D eigenvalue weighted by Crippen LogP contribution is -2.59. The number of aliphatic carboxylic acids is 1. The zero-order chi connectivity index (χ0) is 47.7. The van der Waals surface area contributed by atoms with Crippen molar-refractivity contribution in [1.29, 1.82) is 0 Å². The SMILES string of the molecule is C[C@H](NC(=O)[C@H](CCCN=C(N)N)NC(=O)[C@H](CCCCNN=[N+]=[N-])NC(=O)[C@H](CCCCN)NC(=O)[C@H](C)NC(=O)[C@@H](N)CCCN=C(N)N)C(=O)N[C@@H](CCCCN)C(=O)O. The second-order valence-electron chi connectivity index (χ2n) is 14.7. The number of carbonyl (C=O) groups is 7. The van der Waals surface area contributed by atoms with E-state index in [1.807, 2.05) is 0 Å². The van der Waals surface area contributed by atoms with Crippen LogP contribution in [0.15, 0.2) is 15.2 Å². The maximum atomic E-state index is 14.0. The van der Waals surface area contributed by atoms with Crippen molar-refractivity contribution in [3.05, 3.63) is 10.4 Å². The Morgan fingerprint density at radius 1 is 0.540 bits per heavy atom. The standard InChI is InChI=1S/C36H71N19O8/c1-21(48-30(58)23(39)11-9-18-45-35(40)41)28(56)50-24(12-3-6-16-37)32(60)51-25(13-5-8-20-47-55-54-44)33(61)52-26(15-10-19-46-36(42)43)31(59)49-22(2)29(57)53-27(34(62)63)14-4-7-17-38/h21-27,47H,3-20,37-39H2,1-2H3,(H,48,58)(H,49,59)(H,50,56)(H,51,60)(H,52,61)(H,53,57)(H,62,63)(H4,40,41,45)(H4,42,43,46)/t21-,22-,23-,24-,25-,26-,27-/m0/s1. The third-order valence-corrected chi connectivity index (χ3v) is 9.31. The highest BCUT2D eigenvalue weighted by Gasteiger charge is 2.32. The quantitative estimate of drug-likeness (QED) is 0.00544. The number of nitrogens with one attached hydrogen (secondary N) is 7. The van der Waals surface area contributed by atoms with Crippen LogP contribution in [0, 0.1) is 0 Å². The maximum absolute atomic E-state index is 14.0. The van der Waals surface area contributed by atoms with Gasteiger partial charge in [0, 0.05) is 13.1 Å². The molecule has 27 nitrogen and oxygen atoms in total. The van der Waals surface area contributed by atoms with Crippen molar-refractivity contribution in [3.63, 3.8) is 0 Å². The van der Waals surface area contributed by atoms with Gasteiger partial charge in [-0.3, -0.25) is 44.2 Å². The van der Waals surface area contributed by atoms with Gasteiger partial charge >= 0.3 is 5.97 Å². The summed E-state index contributed by atoms with van der Waals surface area (Å²) in [5.74, 6) is -6.02. The maximum Gasteiger partial charge on any atom is 0.326 e. The summed E-state index contributed by atoms with van der Waals surface area (Å²) < 4.78 is 0. The third-order valence-electron chi connectivity index (χ3n) is 9.31.